The summed E-state index contributed by atoms with van der Waals surface area (Å²) < 4.78 is 0. The van der Waals surface area contributed by atoms with Crippen LogP contribution in [0.15, 0.2) is 5.38 Å². The summed E-state index contributed by atoms with van der Waals surface area (Å²) >= 11 is 1.56. The number of hydrogen-bond acceptors (Lipinski definition) is 4. The molecule has 0 fully saturated rings. The largest absolute Gasteiger partial charge is 0.359 e. The quantitative estimate of drug-likeness (QED) is 0.851. The zero-order chi connectivity index (χ0) is 9.68. The number of nitrogens with two attached hydrogens (primary N) is 1. The lowest BCUT2D eigenvalue weighted by molar-refractivity contribution is -0.120. The minimum absolute atomic E-state index is 0. The van der Waals surface area contributed by atoms with Crippen LogP contribution < -0.4 is 11.1 Å². The number of hydrogen-bond donors (Lipinski definition) is 2. The van der Waals surface area contributed by atoms with Crippen LogP contribution in [0, 0.1) is 0 Å². The molecule has 0 saturated carbocycles. The molecule has 88 valence electrons. The molecular formula is C8H15Cl2N3OS. The molecule has 0 aromatic carbocycles. The molecular weight excluding hydrogens is 257 g/mol. The van der Waals surface area contributed by atoms with Gasteiger partial charge in [-0.05, 0) is 6.54 Å². The minimum atomic E-state index is -0.00963. The fourth-order valence-corrected chi connectivity index (χ4v) is 1.74. The number of likely N-dealkylation sites (N-methyl/N-ethyl adjacent to an activating group) is 1. The summed E-state index contributed by atoms with van der Waals surface area (Å²) in [6, 6.07) is 0. The molecule has 1 rings (SSSR count). The van der Waals surface area contributed by atoms with E-state index in [0.717, 1.165) is 17.1 Å². The molecule has 0 unspecified atom stereocenters. The molecule has 7 heteroatoms. The Hall–Kier alpha value is -0.360. The molecule has 3 N–H and O–H groups in total. The molecule has 15 heavy (non-hydrogen) atoms. The first-order chi connectivity index (χ1) is 6.26. The van der Waals surface area contributed by atoms with Crippen LogP contribution in [0.2, 0.25) is 0 Å². The smallest absolute Gasteiger partial charge is 0.225 e. The molecule has 0 aliphatic rings. The summed E-state index contributed by atoms with van der Waals surface area (Å²) in [4.78, 5) is 15.2. The number of nitrogens with one attached hydrogen (secondary N) is 1. The summed E-state index contributed by atoms with van der Waals surface area (Å²) in [5.41, 5.74) is 6.21. The van der Waals surface area contributed by atoms with Gasteiger partial charge in [-0.25, -0.2) is 4.98 Å². The van der Waals surface area contributed by atoms with Crippen molar-refractivity contribution >= 4 is 42.1 Å². The molecule has 0 aliphatic carbocycles. The minimum Gasteiger partial charge on any atom is -0.359 e. The Bertz CT molecular complexity index is 293. The lowest BCUT2D eigenvalue weighted by atomic mass is 10.3. The maximum absolute atomic E-state index is 11.0. The van der Waals surface area contributed by atoms with Crippen molar-refractivity contribution < 1.29 is 4.79 Å². The zero-order valence-corrected chi connectivity index (χ0v) is 10.8. The molecule has 0 aliphatic heterocycles. The average molecular weight is 272 g/mol. The van der Waals surface area contributed by atoms with E-state index in [-0.39, 0.29) is 30.7 Å². The Balaban J connectivity index is 0. The van der Waals surface area contributed by atoms with Gasteiger partial charge >= 0.3 is 0 Å². The summed E-state index contributed by atoms with van der Waals surface area (Å²) in [6.07, 6.45) is 1.15. The predicted octanol–water partition coefficient (Wildman–Crippen LogP) is 0.776. The Morgan fingerprint density at radius 2 is 2.27 bits per heavy atom. The van der Waals surface area contributed by atoms with Gasteiger partial charge in [0.25, 0.3) is 0 Å². The molecule has 4 nitrogen and oxygen atoms in total. The van der Waals surface area contributed by atoms with Gasteiger partial charge < -0.3 is 11.1 Å². The molecule has 0 spiro atoms. The van der Waals surface area contributed by atoms with E-state index in [1.807, 2.05) is 5.38 Å². The topological polar surface area (TPSA) is 68.0 Å². The molecule has 0 radical (unpaired) electrons. The van der Waals surface area contributed by atoms with E-state index in [2.05, 4.69) is 10.3 Å². The number of nitrogens with zero attached hydrogens (tertiary/aromatic N) is 1. The van der Waals surface area contributed by atoms with E-state index >= 15 is 0 Å². The fourth-order valence-electron chi connectivity index (χ4n) is 0.921. The number of halogens is 2. The van der Waals surface area contributed by atoms with Crippen LogP contribution in [-0.2, 0) is 17.6 Å². The van der Waals surface area contributed by atoms with Crippen molar-refractivity contribution in [1.29, 1.82) is 0 Å². The second-order valence-electron chi connectivity index (χ2n) is 2.62. The summed E-state index contributed by atoms with van der Waals surface area (Å²) in [6.45, 7) is 0.604. The van der Waals surface area contributed by atoms with Gasteiger partial charge in [0.2, 0.25) is 5.91 Å². The van der Waals surface area contributed by atoms with Crippen molar-refractivity contribution in [2.24, 2.45) is 5.73 Å². The van der Waals surface area contributed by atoms with Crippen LogP contribution in [0.1, 0.15) is 10.7 Å². The summed E-state index contributed by atoms with van der Waals surface area (Å²) in [5, 5.41) is 5.46. The van der Waals surface area contributed by atoms with Crippen molar-refractivity contribution in [3.05, 3.63) is 16.1 Å². The van der Waals surface area contributed by atoms with Crippen molar-refractivity contribution in [2.75, 3.05) is 13.6 Å². The number of carbonyl (C=O) groups is 1. The average Bonchev–Trinajstić information content (AvgIpc) is 2.53. The van der Waals surface area contributed by atoms with E-state index in [9.17, 15) is 4.79 Å². The van der Waals surface area contributed by atoms with Gasteiger partial charge in [0, 0.05) is 18.8 Å². The Morgan fingerprint density at radius 1 is 1.60 bits per heavy atom. The normalized spacial score (nSPS) is 8.67. The van der Waals surface area contributed by atoms with E-state index in [1.54, 1.807) is 18.4 Å². The Labute approximate surface area is 105 Å². The molecule has 0 bridgehead atoms. The first-order valence-electron chi connectivity index (χ1n) is 4.10. The third-order valence-electron chi connectivity index (χ3n) is 1.58. The van der Waals surface area contributed by atoms with E-state index in [1.165, 1.54) is 0 Å². The highest BCUT2D eigenvalue weighted by Crippen LogP contribution is 2.10. The van der Waals surface area contributed by atoms with E-state index in [4.69, 9.17) is 5.73 Å². The molecule has 1 aromatic rings. The maximum Gasteiger partial charge on any atom is 0.225 e. The van der Waals surface area contributed by atoms with Gasteiger partial charge in [0.15, 0.2) is 0 Å². The highest BCUT2D eigenvalue weighted by molar-refractivity contribution is 7.09. The second-order valence-corrected chi connectivity index (χ2v) is 3.56. The highest BCUT2D eigenvalue weighted by Gasteiger charge is 2.05. The Morgan fingerprint density at radius 3 is 2.80 bits per heavy atom. The number of rotatable bonds is 4. The lowest BCUT2D eigenvalue weighted by Crippen LogP contribution is -2.20. The predicted molar refractivity (Wildman–Crippen MR) is 67.1 cm³/mol. The van der Waals surface area contributed by atoms with Crippen LogP contribution >= 0.6 is 36.2 Å². The van der Waals surface area contributed by atoms with Gasteiger partial charge in [0.05, 0.1) is 17.1 Å². The van der Waals surface area contributed by atoms with Crippen molar-refractivity contribution in [1.82, 2.24) is 10.3 Å². The number of carbonyl (C=O) groups excluding carboxylic acids is 1. The van der Waals surface area contributed by atoms with Crippen molar-refractivity contribution in [3.8, 4) is 0 Å². The van der Waals surface area contributed by atoms with Gasteiger partial charge in [0.1, 0.15) is 0 Å². The van der Waals surface area contributed by atoms with Gasteiger partial charge in [-0.15, -0.1) is 36.2 Å². The van der Waals surface area contributed by atoms with Gasteiger partial charge in [-0.3, -0.25) is 4.79 Å². The molecule has 0 saturated heterocycles. The number of aromatic nitrogens is 1. The van der Waals surface area contributed by atoms with Crippen molar-refractivity contribution in [2.45, 2.75) is 12.8 Å². The summed E-state index contributed by atoms with van der Waals surface area (Å²) in [7, 11) is 1.62. The summed E-state index contributed by atoms with van der Waals surface area (Å²) in [5.74, 6) is -0.00963. The van der Waals surface area contributed by atoms with E-state index < -0.39 is 0 Å². The van der Waals surface area contributed by atoms with Crippen LogP contribution in [0.3, 0.4) is 0 Å². The van der Waals surface area contributed by atoms with Gasteiger partial charge in [-0.2, -0.15) is 0 Å². The third-order valence-corrected chi connectivity index (χ3v) is 2.54. The molecule has 0 atom stereocenters. The number of thiazole rings is 1. The number of amides is 1. The maximum atomic E-state index is 11.0. The fraction of sp³-hybridized carbons (Fsp3) is 0.500. The monoisotopic (exact) mass is 271 g/mol. The molecule has 1 aromatic heterocycles. The van der Waals surface area contributed by atoms with Crippen LogP contribution in [0.4, 0.5) is 0 Å². The van der Waals surface area contributed by atoms with Crippen LogP contribution in [-0.4, -0.2) is 24.5 Å². The van der Waals surface area contributed by atoms with Crippen LogP contribution in [0.25, 0.3) is 0 Å². The SMILES string of the molecule is CNC(=O)Cc1csc(CCN)n1.Cl.Cl. The third kappa shape index (κ3) is 5.94. The van der Waals surface area contributed by atoms with Gasteiger partial charge in [-0.1, -0.05) is 0 Å². The molecule has 1 amide bonds. The molecule has 1 heterocycles. The van der Waals surface area contributed by atoms with Crippen molar-refractivity contribution in [3.63, 3.8) is 0 Å². The first-order valence-corrected chi connectivity index (χ1v) is 4.98. The van der Waals surface area contributed by atoms with Crippen LogP contribution in [0.5, 0.6) is 0 Å². The second kappa shape index (κ2) is 8.91. The lowest BCUT2D eigenvalue weighted by Gasteiger charge is -1.94. The first kappa shape index (κ1) is 17.0. The van der Waals surface area contributed by atoms with E-state index in [0.29, 0.717) is 13.0 Å². The standard InChI is InChI=1S/C8H13N3OS.2ClH/c1-10-7(12)4-6-5-13-8(11-6)2-3-9;;/h5H,2-4,9H2,1H3,(H,10,12);2*1H. The zero-order valence-electron chi connectivity index (χ0n) is 8.36. The highest BCUT2D eigenvalue weighted by atomic mass is 35.5. The Kier molecular flexibility index (Phi) is 10.1.